The molecular weight excluding hydrogens is 270 g/mol. The number of hydrogen-bond acceptors (Lipinski definition) is 4. The van der Waals surface area contributed by atoms with Crippen LogP contribution in [0.4, 0.5) is 5.69 Å². The van der Waals surface area contributed by atoms with Gasteiger partial charge in [0, 0.05) is 5.69 Å². The topological polar surface area (TPSA) is 78.5 Å². The molecule has 2 aromatic rings. The molecule has 0 saturated heterocycles. The summed E-state index contributed by atoms with van der Waals surface area (Å²) < 4.78 is 5.49. The number of carbonyl (C=O) groups excluding carboxylic acids is 2. The van der Waals surface area contributed by atoms with E-state index in [1.165, 1.54) is 18.2 Å². The van der Waals surface area contributed by atoms with Crippen molar-refractivity contribution < 1.29 is 19.4 Å². The molecule has 0 aromatic heterocycles. The Bertz CT molecular complexity index is 640. The molecule has 0 aliphatic carbocycles. The van der Waals surface area contributed by atoms with Crippen molar-refractivity contribution in [2.75, 3.05) is 5.32 Å². The van der Waals surface area contributed by atoms with Gasteiger partial charge < -0.3 is 20.0 Å². The molecule has 1 amide bonds. The second kappa shape index (κ2) is 6.56. The number of aromatic carboxylic acids is 1. The molecule has 0 fully saturated rings. The zero-order valence-electron chi connectivity index (χ0n) is 11.4. The summed E-state index contributed by atoms with van der Waals surface area (Å²) in [5, 5.41) is 13.4. The van der Waals surface area contributed by atoms with Crippen molar-refractivity contribution >= 4 is 17.6 Å². The van der Waals surface area contributed by atoms with E-state index in [4.69, 9.17) is 4.74 Å². The number of benzene rings is 2. The van der Waals surface area contributed by atoms with Crippen molar-refractivity contribution in [1.82, 2.24) is 0 Å². The van der Waals surface area contributed by atoms with E-state index in [9.17, 15) is 14.7 Å². The Labute approximate surface area is 122 Å². The minimum absolute atomic E-state index is 0.00410. The zero-order chi connectivity index (χ0) is 15.2. The highest BCUT2D eigenvalue weighted by Gasteiger charge is 2.14. The molecule has 5 heteroatoms. The summed E-state index contributed by atoms with van der Waals surface area (Å²) in [6, 6.07) is 14.8. The second-order valence-electron chi connectivity index (χ2n) is 4.43. The van der Waals surface area contributed by atoms with Gasteiger partial charge >= 0.3 is 0 Å². The van der Waals surface area contributed by atoms with E-state index in [0.29, 0.717) is 11.4 Å². The summed E-state index contributed by atoms with van der Waals surface area (Å²) in [5.41, 5.74) is 0.384. The van der Waals surface area contributed by atoms with Crippen LogP contribution in [0.2, 0.25) is 0 Å². The van der Waals surface area contributed by atoms with E-state index in [0.717, 1.165) is 0 Å². The molecule has 0 aliphatic heterocycles. The lowest BCUT2D eigenvalue weighted by molar-refractivity contribution is -0.255. The Balaban J connectivity index is 2.00. The third-order valence-electron chi connectivity index (χ3n) is 2.79. The fraction of sp³-hybridized carbons (Fsp3) is 0.125. The number of carboxylic acids is 1. The monoisotopic (exact) mass is 284 g/mol. The predicted octanol–water partition coefficient (Wildman–Crippen LogP) is 1.46. The van der Waals surface area contributed by atoms with E-state index in [1.807, 2.05) is 18.2 Å². The molecule has 0 heterocycles. The number of hydrogen-bond donors (Lipinski definition) is 1. The summed E-state index contributed by atoms with van der Waals surface area (Å²) in [4.78, 5) is 22.8. The zero-order valence-corrected chi connectivity index (χ0v) is 11.4. The maximum absolute atomic E-state index is 12.0. The minimum atomic E-state index is -1.29. The number of ether oxygens (including phenoxy) is 1. The van der Waals surface area contributed by atoms with Gasteiger partial charge in [-0.1, -0.05) is 30.3 Å². The van der Waals surface area contributed by atoms with Crippen LogP contribution in [0, 0.1) is 0 Å². The van der Waals surface area contributed by atoms with Crippen molar-refractivity contribution in [1.29, 1.82) is 0 Å². The van der Waals surface area contributed by atoms with E-state index < -0.39 is 12.1 Å². The molecule has 0 aliphatic rings. The van der Waals surface area contributed by atoms with Gasteiger partial charge in [-0.05, 0) is 36.8 Å². The van der Waals surface area contributed by atoms with Gasteiger partial charge in [-0.25, -0.2) is 0 Å². The van der Waals surface area contributed by atoms with E-state index >= 15 is 0 Å². The van der Waals surface area contributed by atoms with Gasteiger partial charge in [0.25, 0.3) is 5.91 Å². The standard InChI is InChI=1S/C16H15NO4/c1-11(21-14-8-3-2-4-9-14)15(18)17-13-7-5-6-12(10-13)16(19)20/h2-11H,1H3,(H,17,18)(H,19,20)/p-1/t11-/m0/s1. The molecule has 1 N–H and O–H groups in total. The molecule has 2 rings (SSSR count). The van der Waals surface area contributed by atoms with Crippen molar-refractivity contribution in [3.8, 4) is 5.75 Å². The van der Waals surface area contributed by atoms with Crippen molar-refractivity contribution in [3.05, 3.63) is 60.2 Å². The van der Waals surface area contributed by atoms with Gasteiger partial charge in [0.2, 0.25) is 0 Å². The van der Waals surface area contributed by atoms with Gasteiger partial charge in [-0.2, -0.15) is 0 Å². The Morgan fingerprint density at radius 3 is 2.48 bits per heavy atom. The first kappa shape index (κ1) is 14.6. The lowest BCUT2D eigenvalue weighted by atomic mass is 10.2. The Morgan fingerprint density at radius 1 is 1.10 bits per heavy atom. The number of rotatable bonds is 5. The van der Waals surface area contributed by atoms with Gasteiger partial charge in [-0.3, -0.25) is 4.79 Å². The SMILES string of the molecule is C[C@H](Oc1ccccc1)C(=O)Nc1cccc(C(=O)[O-])c1. The number of amides is 1. The lowest BCUT2D eigenvalue weighted by Gasteiger charge is -2.15. The highest BCUT2D eigenvalue weighted by Crippen LogP contribution is 2.14. The molecule has 0 radical (unpaired) electrons. The van der Waals surface area contributed by atoms with Gasteiger partial charge in [0.1, 0.15) is 5.75 Å². The van der Waals surface area contributed by atoms with Crippen LogP contribution in [0.5, 0.6) is 5.75 Å². The predicted molar refractivity (Wildman–Crippen MR) is 75.9 cm³/mol. The maximum Gasteiger partial charge on any atom is 0.265 e. The van der Waals surface area contributed by atoms with Crippen LogP contribution in [-0.2, 0) is 4.79 Å². The van der Waals surface area contributed by atoms with Crippen LogP contribution in [0.15, 0.2) is 54.6 Å². The number of carbonyl (C=O) groups is 2. The van der Waals surface area contributed by atoms with Crippen LogP contribution in [0.1, 0.15) is 17.3 Å². The molecular formula is C16H14NO4-. The average molecular weight is 284 g/mol. The Kier molecular flexibility index (Phi) is 4.56. The van der Waals surface area contributed by atoms with Crippen LogP contribution >= 0.6 is 0 Å². The molecule has 5 nitrogen and oxygen atoms in total. The smallest absolute Gasteiger partial charge is 0.265 e. The van der Waals surface area contributed by atoms with Crippen molar-refractivity contribution in [2.45, 2.75) is 13.0 Å². The van der Waals surface area contributed by atoms with Crippen LogP contribution in [-0.4, -0.2) is 18.0 Å². The average Bonchev–Trinajstić information content (AvgIpc) is 2.48. The summed E-state index contributed by atoms with van der Waals surface area (Å²) >= 11 is 0. The van der Waals surface area contributed by atoms with Crippen LogP contribution < -0.4 is 15.2 Å². The van der Waals surface area contributed by atoms with Gasteiger partial charge in [0.05, 0.1) is 5.97 Å². The molecule has 0 unspecified atom stereocenters. The summed E-state index contributed by atoms with van der Waals surface area (Å²) in [6.45, 7) is 1.62. The molecule has 2 aromatic carbocycles. The summed E-state index contributed by atoms with van der Waals surface area (Å²) in [7, 11) is 0. The normalized spacial score (nSPS) is 11.5. The molecule has 1 atom stereocenters. The Hall–Kier alpha value is -2.82. The summed E-state index contributed by atoms with van der Waals surface area (Å²) in [5.74, 6) is -1.07. The third kappa shape index (κ3) is 4.07. The summed E-state index contributed by atoms with van der Waals surface area (Å²) in [6.07, 6.45) is -0.709. The molecule has 0 saturated carbocycles. The maximum atomic E-state index is 12.0. The minimum Gasteiger partial charge on any atom is -0.545 e. The third-order valence-corrected chi connectivity index (χ3v) is 2.79. The van der Waals surface area contributed by atoms with Gasteiger partial charge in [-0.15, -0.1) is 0 Å². The highest BCUT2D eigenvalue weighted by atomic mass is 16.5. The van der Waals surface area contributed by atoms with Crippen molar-refractivity contribution in [3.63, 3.8) is 0 Å². The number of anilines is 1. The van der Waals surface area contributed by atoms with Crippen LogP contribution in [0.3, 0.4) is 0 Å². The second-order valence-corrected chi connectivity index (χ2v) is 4.43. The first-order valence-electron chi connectivity index (χ1n) is 6.40. The number of para-hydroxylation sites is 1. The molecule has 108 valence electrons. The number of nitrogens with one attached hydrogen (secondary N) is 1. The molecule has 0 spiro atoms. The largest absolute Gasteiger partial charge is 0.545 e. The first-order chi connectivity index (χ1) is 10.1. The molecule has 0 bridgehead atoms. The highest BCUT2D eigenvalue weighted by molar-refractivity contribution is 5.95. The Morgan fingerprint density at radius 2 is 1.81 bits per heavy atom. The fourth-order valence-electron chi connectivity index (χ4n) is 1.72. The van der Waals surface area contributed by atoms with E-state index in [-0.39, 0.29) is 11.5 Å². The quantitative estimate of drug-likeness (QED) is 0.901. The van der Waals surface area contributed by atoms with Crippen molar-refractivity contribution in [2.24, 2.45) is 0 Å². The van der Waals surface area contributed by atoms with E-state index in [2.05, 4.69) is 5.32 Å². The van der Waals surface area contributed by atoms with E-state index in [1.54, 1.807) is 25.1 Å². The number of carboxylic acid groups (broad SMARTS) is 1. The van der Waals surface area contributed by atoms with Crippen LogP contribution in [0.25, 0.3) is 0 Å². The molecule has 21 heavy (non-hydrogen) atoms. The lowest BCUT2D eigenvalue weighted by Crippen LogP contribution is -2.30. The fourth-order valence-corrected chi connectivity index (χ4v) is 1.72. The first-order valence-corrected chi connectivity index (χ1v) is 6.40. The van der Waals surface area contributed by atoms with Gasteiger partial charge in [0.15, 0.2) is 6.10 Å².